The van der Waals surface area contributed by atoms with Crippen molar-refractivity contribution in [1.29, 1.82) is 0 Å². The smallest absolute Gasteiger partial charge is 0.247 e. The summed E-state index contributed by atoms with van der Waals surface area (Å²) in [4.78, 5) is 23.0. The SMILES string of the molecule is NC(=O)CC(C(N)=O)=C(Nc1ccccc1)c1ccccc1. The number of rotatable bonds is 6. The summed E-state index contributed by atoms with van der Waals surface area (Å²) >= 11 is 0. The van der Waals surface area contributed by atoms with E-state index < -0.39 is 11.8 Å². The first kappa shape index (κ1) is 15.3. The third-order valence-corrected chi connectivity index (χ3v) is 3.06. The molecular formula is C17H17N3O2. The summed E-state index contributed by atoms with van der Waals surface area (Å²) in [5.41, 5.74) is 12.8. The molecule has 0 unspecified atom stereocenters. The normalized spacial score (nSPS) is 11.5. The van der Waals surface area contributed by atoms with Crippen LogP contribution in [-0.4, -0.2) is 11.8 Å². The Labute approximate surface area is 128 Å². The topological polar surface area (TPSA) is 98.2 Å². The summed E-state index contributed by atoms with van der Waals surface area (Å²) in [7, 11) is 0. The highest BCUT2D eigenvalue weighted by atomic mass is 16.2. The maximum Gasteiger partial charge on any atom is 0.247 e. The van der Waals surface area contributed by atoms with E-state index in [-0.39, 0.29) is 12.0 Å². The Bertz CT molecular complexity index is 694. The van der Waals surface area contributed by atoms with Crippen LogP contribution < -0.4 is 16.8 Å². The minimum Gasteiger partial charge on any atom is -0.369 e. The van der Waals surface area contributed by atoms with Gasteiger partial charge in [0.25, 0.3) is 0 Å². The highest BCUT2D eigenvalue weighted by molar-refractivity contribution is 6.05. The fraction of sp³-hybridized carbons (Fsp3) is 0.0588. The van der Waals surface area contributed by atoms with E-state index >= 15 is 0 Å². The molecule has 0 saturated carbocycles. The Morgan fingerprint density at radius 3 is 1.91 bits per heavy atom. The van der Waals surface area contributed by atoms with Crippen LogP contribution in [0.2, 0.25) is 0 Å². The second-order valence-electron chi connectivity index (χ2n) is 4.72. The molecule has 0 spiro atoms. The molecule has 0 aliphatic rings. The number of anilines is 1. The molecular weight excluding hydrogens is 278 g/mol. The molecule has 0 aromatic heterocycles. The van der Waals surface area contributed by atoms with Crippen molar-refractivity contribution in [3.8, 4) is 0 Å². The van der Waals surface area contributed by atoms with Gasteiger partial charge in [-0.15, -0.1) is 0 Å². The Balaban J connectivity index is 2.53. The van der Waals surface area contributed by atoms with Gasteiger partial charge in [0, 0.05) is 5.69 Å². The molecule has 0 bridgehead atoms. The molecule has 0 atom stereocenters. The average molecular weight is 295 g/mol. The van der Waals surface area contributed by atoms with Gasteiger partial charge in [-0.25, -0.2) is 0 Å². The summed E-state index contributed by atoms with van der Waals surface area (Å²) in [5, 5.41) is 3.15. The number of para-hydroxylation sites is 1. The highest BCUT2D eigenvalue weighted by Crippen LogP contribution is 2.23. The minimum atomic E-state index is -0.680. The summed E-state index contributed by atoms with van der Waals surface area (Å²) in [5.74, 6) is -1.29. The van der Waals surface area contributed by atoms with Crippen LogP contribution in [0.1, 0.15) is 12.0 Å². The van der Waals surface area contributed by atoms with Gasteiger partial charge in [0.05, 0.1) is 17.7 Å². The number of hydrogen-bond donors (Lipinski definition) is 3. The molecule has 2 aromatic rings. The fourth-order valence-corrected chi connectivity index (χ4v) is 2.07. The van der Waals surface area contributed by atoms with Crippen LogP contribution in [0.25, 0.3) is 5.70 Å². The monoisotopic (exact) mass is 295 g/mol. The Hall–Kier alpha value is -3.08. The van der Waals surface area contributed by atoms with Gasteiger partial charge in [0.15, 0.2) is 0 Å². The van der Waals surface area contributed by atoms with Gasteiger partial charge < -0.3 is 16.8 Å². The molecule has 0 radical (unpaired) electrons. The zero-order valence-corrected chi connectivity index (χ0v) is 12.0. The van der Waals surface area contributed by atoms with E-state index in [1.807, 2.05) is 60.7 Å². The van der Waals surface area contributed by atoms with Crippen LogP contribution in [0.5, 0.6) is 0 Å². The van der Waals surface area contributed by atoms with Crippen molar-refractivity contribution >= 4 is 23.2 Å². The van der Waals surface area contributed by atoms with Gasteiger partial charge >= 0.3 is 0 Å². The van der Waals surface area contributed by atoms with Crippen LogP contribution >= 0.6 is 0 Å². The van der Waals surface area contributed by atoms with Crippen LogP contribution in [0.4, 0.5) is 5.69 Å². The van der Waals surface area contributed by atoms with Crippen molar-refractivity contribution in [2.75, 3.05) is 5.32 Å². The van der Waals surface area contributed by atoms with E-state index in [0.717, 1.165) is 11.3 Å². The number of carbonyl (C=O) groups is 2. The predicted molar refractivity (Wildman–Crippen MR) is 86.4 cm³/mol. The second kappa shape index (κ2) is 7.08. The van der Waals surface area contributed by atoms with Crippen molar-refractivity contribution in [3.63, 3.8) is 0 Å². The lowest BCUT2D eigenvalue weighted by molar-refractivity contribution is -0.120. The molecule has 0 heterocycles. The number of nitrogens with two attached hydrogens (primary N) is 2. The third kappa shape index (κ3) is 3.96. The standard InChI is InChI=1S/C17H17N3O2/c18-15(21)11-14(17(19)22)16(12-7-3-1-4-8-12)20-13-9-5-2-6-10-13/h1-10,20H,11H2,(H2,18,21)(H2,19,22). The fourth-order valence-electron chi connectivity index (χ4n) is 2.07. The first-order chi connectivity index (χ1) is 10.6. The summed E-state index contributed by atoms with van der Waals surface area (Å²) in [6, 6.07) is 18.5. The molecule has 5 nitrogen and oxygen atoms in total. The molecule has 5 heteroatoms. The van der Waals surface area contributed by atoms with Crippen molar-refractivity contribution in [1.82, 2.24) is 0 Å². The molecule has 0 fully saturated rings. The van der Waals surface area contributed by atoms with Crippen LogP contribution in [0.15, 0.2) is 66.2 Å². The molecule has 5 N–H and O–H groups in total. The lowest BCUT2D eigenvalue weighted by atomic mass is 10.0. The van der Waals surface area contributed by atoms with Crippen molar-refractivity contribution in [3.05, 3.63) is 71.8 Å². The van der Waals surface area contributed by atoms with E-state index in [9.17, 15) is 9.59 Å². The summed E-state index contributed by atoms with van der Waals surface area (Å²) in [6.07, 6.45) is -0.223. The van der Waals surface area contributed by atoms with Crippen LogP contribution in [0, 0.1) is 0 Å². The number of carbonyl (C=O) groups excluding carboxylic acids is 2. The van der Waals surface area contributed by atoms with Gasteiger partial charge in [0.1, 0.15) is 0 Å². The molecule has 2 rings (SSSR count). The number of nitrogens with one attached hydrogen (secondary N) is 1. The quantitative estimate of drug-likeness (QED) is 0.709. The zero-order chi connectivity index (χ0) is 15.9. The summed E-state index contributed by atoms with van der Waals surface area (Å²) < 4.78 is 0. The van der Waals surface area contributed by atoms with E-state index in [1.165, 1.54) is 0 Å². The molecule has 0 aliphatic heterocycles. The maximum absolute atomic E-state index is 11.8. The van der Waals surface area contributed by atoms with Crippen LogP contribution in [0.3, 0.4) is 0 Å². The second-order valence-corrected chi connectivity index (χ2v) is 4.72. The van der Waals surface area contributed by atoms with Gasteiger partial charge in [-0.05, 0) is 17.7 Å². The van der Waals surface area contributed by atoms with Gasteiger partial charge in [-0.1, -0.05) is 48.5 Å². The van der Waals surface area contributed by atoms with Gasteiger partial charge in [-0.3, -0.25) is 9.59 Å². The van der Waals surface area contributed by atoms with E-state index in [4.69, 9.17) is 11.5 Å². The summed E-state index contributed by atoms with van der Waals surface area (Å²) in [6.45, 7) is 0. The minimum absolute atomic E-state index is 0.155. The molecule has 2 aromatic carbocycles. The Morgan fingerprint density at radius 2 is 1.41 bits per heavy atom. The number of amides is 2. The first-order valence-electron chi connectivity index (χ1n) is 6.76. The highest BCUT2D eigenvalue weighted by Gasteiger charge is 2.17. The van der Waals surface area contributed by atoms with Gasteiger partial charge in [0.2, 0.25) is 11.8 Å². The zero-order valence-electron chi connectivity index (χ0n) is 12.0. The number of primary amides is 2. The lowest BCUT2D eigenvalue weighted by Gasteiger charge is -2.15. The first-order valence-corrected chi connectivity index (χ1v) is 6.76. The van der Waals surface area contributed by atoms with E-state index in [0.29, 0.717) is 5.70 Å². The molecule has 0 saturated heterocycles. The van der Waals surface area contributed by atoms with Crippen molar-refractivity contribution < 1.29 is 9.59 Å². The molecule has 0 aliphatic carbocycles. The largest absolute Gasteiger partial charge is 0.369 e. The Morgan fingerprint density at radius 1 is 0.864 bits per heavy atom. The molecule has 22 heavy (non-hydrogen) atoms. The number of benzene rings is 2. The van der Waals surface area contributed by atoms with Crippen molar-refractivity contribution in [2.45, 2.75) is 6.42 Å². The third-order valence-electron chi connectivity index (χ3n) is 3.06. The van der Waals surface area contributed by atoms with E-state index in [1.54, 1.807) is 0 Å². The molecule has 112 valence electrons. The average Bonchev–Trinajstić information content (AvgIpc) is 2.52. The maximum atomic E-state index is 11.8. The van der Waals surface area contributed by atoms with Gasteiger partial charge in [-0.2, -0.15) is 0 Å². The molecule has 2 amide bonds. The lowest BCUT2D eigenvalue weighted by Crippen LogP contribution is -2.23. The van der Waals surface area contributed by atoms with E-state index in [2.05, 4.69) is 5.32 Å². The predicted octanol–water partition coefficient (Wildman–Crippen LogP) is 1.87. The Kier molecular flexibility index (Phi) is 4.93. The number of hydrogen-bond acceptors (Lipinski definition) is 3. The van der Waals surface area contributed by atoms with Crippen LogP contribution in [-0.2, 0) is 9.59 Å². The van der Waals surface area contributed by atoms with Crippen molar-refractivity contribution in [2.24, 2.45) is 11.5 Å².